The first-order valence-corrected chi connectivity index (χ1v) is 10.8. The highest BCUT2D eigenvalue weighted by atomic mass is 19.1. The average Bonchev–Trinajstić information content (AvgIpc) is 3.60. The van der Waals surface area contributed by atoms with Crippen LogP contribution in [0.4, 0.5) is 10.4 Å². The first kappa shape index (κ1) is 19.7. The minimum atomic E-state index is -0.575. The Balaban J connectivity index is 1.21. The molecule has 6 rings (SSSR count). The maximum Gasteiger partial charge on any atom is 0.298 e. The van der Waals surface area contributed by atoms with Gasteiger partial charge in [0.05, 0.1) is 19.5 Å². The van der Waals surface area contributed by atoms with Crippen molar-refractivity contribution in [1.82, 2.24) is 24.9 Å². The number of fused-ring (bicyclic) bond motifs is 2. The van der Waals surface area contributed by atoms with E-state index in [9.17, 15) is 9.18 Å². The van der Waals surface area contributed by atoms with Gasteiger partial charge in [-0.1, -0.05) is 12.1 Å². The summed E-state index contributed by atoms with van der Waals surface area (Å²) < 4.78 is 26.1. The number of aromatic nitrogens is 4. The van der Waals surface area contributed by atoms with E-state index in [1.54, 1.807) is 24.1 Å². The van der Waals surface area contributed by atoms with Crippen molar-refractivity contribution >= 4 is 23.0 Å². The minimum absolute atomic E-state index is 0.00317. The predicted octanol–water partition coefficient (Wildman–Crippen LogP) is 2.76. The summed E-state index contributed by atoms with van der Waals surface area (Å²) in [5, 5.41) is 8.13. The minimum Gasteiger partial charge on any atom is -0.494 e. The van der Waals surface area contributed by atoms with Gasteiger partial charge in [-0.15, -0.1) is 0 Å². The molecule has 168 valence electrons. The number of likely N-dealkylation sites (tertiary alicyclic amines) is 1. The summed E-state index contributed by atoms with van der Waals surface area (Å²) >= 11 is 0. The van der Waals surface area contributed by atoms with Crippen LogP contribution in [0, 0.1) is 17.7 Å². The lowest BCUT2D eigenvalue weighted by Gasteiger charge is -2.22. The molecule has 1 amide bonds. The van der Waals surface area contributed by atoms with Gasteiger partial charge in [-0.2, -0.15) is 20.0 Å². The molecule has 2 aromatic carbocycles. The number of methoxy groups -OCH3 is 1. The molecular weight excluding hydrogens is 427 g/mol. The van der Waals surface area contributed by atoms with Crippen LogP contribution in [0.5, 0.6) is 5.75 Å². The van der Waals surface area contributed by atoms with Crippen molar-refractivity contribution < 1.29 is 18.3 Å². The molecule has 2 aliphatic heterocycles. The van der Waals surface area contributed by atoms with Gasteiger partial charge in [0.1, 0.15) is 22.8 Å². The Morgan fingerprint density at radius 1 is 1.06 bits per heavy atom. The molecule has 2 atom stereocenters. The predicted molar refractivity (Wildman–Crippen MR) is 117 cm³/mol. The lowest BCUT2D eigenvalue weighted by atomic mass is 10.0. The Morgan fingerprint density at radius 3 is 2.52 bits per heavy atom. The summed E-state index contributed by atoms with van der Waals surface area (Å²) in [4.78, 5) is 23.1. The van der Waals surface area contributed by atoms with Gasteiger partial charge in [-0.3, -0.25) is 4.79 Å². The third-order valence-corrected chi connectivity index (χ3v) is 6.47. The summed E-state index contributed by atoms with van der Waals surface area (Å²) in [6.07, 6.45) is 2.99. The molecule has 0 aliphatic carbocycles. The van der Waals surface area contributed by atoms with E-state index >= 15 is 0 Å². The van der Waals surface area contributed by atoms with E-state index in [4.69, 9.17) is 9.15 Å². The zero-order valence-corrected chi connectivity index (χ0v) is 17.9. The van der Waals surface area contributed by atoms with Crippen LogP contribution in [0.3, 0.4) is 0 Å². The van der Waals surface area contributed by atoms with Crippen LogP contribution in [-0.2, 0) is 0 Å². The van der Waals surface area contributed by atoms with Crippen molar-refractivity contribution in [3.63, 3.8) is 0 Å². The monoisotopic (exact) mass is 448 g/mol. The van der Waals surface area contributed by atoms with Crippen molar-refractivity contribution in [3.8, 4) is 11.4 Å². The molecule has 2 aliphatic rings. The molecule has 2 aromatic heterocycles. The van der Waals surface area contributed by atoms with Gasteiger partial charge in [0, 0.05) is 38.0 Å². The Labute approximate surface area is 188 Å². The second-order valence-electron chi connectivity index (χ2n) is 8.39. The van der Waals surface area contributed by atoms with Crippen molar-refractivity contribution in [3.05, 3.63) is 60.2 Å². The van der Waals surface area contributed by atoms with E-state index in [2.05, 4.69) is 20.1 Å². The second-order valence-corrected chi connectivity index (χ2v) is 8.39. The molecule has 10 heteroatoms. The third-order valence-electron chi connectivity index (χ3n) is 6.47. The number of oxazole rings is 1. The number of amides is 1. The van der Waals surface area contributed by atoms with Gasteiger partial charge in [-0.05, 0) is 24.3 Å². The van der Waals surface area contributed by atoms with Gasteiger partial charge in [0.25, 0.3) is 11.9 Å². The van der Waals surface area contributed by atoms with Gasteiger partial charge in [0.15, 0.2) is 11.1 Å². The maximum absolute atomic E-state index is 14.7. The number of hydrogen-bond donors (Lipinski definition) is 0. The van der Waals surface area contributed by atoms with Crippen molar-refractivity contribution in [2.75, 3.05) is 38.2 Å². The first-order valence-electron chi connectivity index (χ1n) is 10.8. The molecule has 0 saturated carbocycles. The zero-order valence-electron chi connectivity index (χ0n) is 17.9. The quantitative estimate of drug-likeness (QED) is 0.474. The Kier molecular flexibility index (Phi) is 4.53. The molecule has 2 unspecified atom stereocenters. The first-order chi connectivity index (χ1) is 16.1. The van der Waals surface area contributed by atoms with E-state index in [1.165, 1.54) is 23.3 Å². The number of hydrogen-bond acceptors (Lipinski definition) is 7. The number of anilines is 1. The molecule has 33 heavy (non-hydrogen) atoms. The molecule has 2 fully saturated rings. The molecule has 0 radical (unpaired) electrons. The molecule has 4 aromatic rings. The van der Waals surface area contributed by atoms with E-state index in [-0.39, 0.29) is 23.3 Å². The van der Waals surface area contributed by atoms with Crippen molar-refractivity contribution in [2.45, 2.75) is 0 Å². The summed E-state index contributed by atoms with van der Waals surface area (Å²) in [6.45, 7) is 2.52. The number of benzene rings is 2. The third kappa shape index (κ3) is 3.21. The van der Waals surface area contributed by atoms with Crippen LogP contribution in [0.15, 0.2) is 53.2 Å². The van der Waals surface area contributed by atoms with E-state index in [0.717, 1.165) is 0 Å². The fourth-order valence-electron chi connectivity index (χ4n) is 4.92. The molecule has 0 bridgehead atoms. The normalized spacial score (nSPS) is 19.9. The Bertz CT molecular complexity index is 1320. The van der Waals surface area contributed by atoms with Crippen LogP contribution in [0.2, 0.25) is 0 Å². The van der Waals surface area contributed by atoms with Gasteiger partial charge >= 0.3 is 0 Å². The lowest BCUT2D eigenvalue weighted by molar-refractivity contribution is 0.0777. The van der Waals surface area contributed by atoms with E-state index in [0.29, 0.717) is 54.7 Å². The highest BCUT2D eigenvalue weighted by Crippen LogP contribution is 2.37. The number of carbonyl (C=O) groups is 1. The Hall–Kier alpha value is -3.95. The number of carbonyl (C=O) groups excluding carboxylic acids is 1. The summed E-state index contributed by atoms with van der Waals surface area (Å²) in [6, 6.07) is 10.6. The molecule has 0 spiro atoms. The van der Waals surface area contributed by atoms with Crippen LogP contribution in [0.1, 0.15) is 10.4 Å². The largest absolute Gasteiger partial charge is 0.494 e. The summed E-state index contributed by atoms with van der Waals surface area (Å²) in [7, 11) is 1.61. The number of nitrogens with zero attached hydrogens (tertiary/aromatic N) is 6. The van der Waals surface area contributed by atoms with Crippen LogP contribution >= 0.6 is 0 Å². The topological polar surface area (TPSA) is 89.5 Å². The van der Waals surface area contributed by atoms with Crippen molar-refractivity contribution in [2.24, 2.45) is 11.8 Å². The lowest BCUT2D eigenvalue weighted by Crippen LogP contribution is -2.34. The fraction of sp³-hybridized carbons (Fsp3) is 0.304. The van der Waals surface area contributed by atoms with Crippen molar-refractivity contribution in [1.29, 1.82) is 0 Å². The zero-order chi connectivity index (χ0) is 22.5. The SMILES string of the molecule is COc1cccc2oc(N3CC4CN(C(=O)c5c(F)cccc5-n5nccn5)CC4C3)nc12. The molecular formula is C23H21FN6O3. The standard InChI is InChI=1S/C23H21FN6O3/c1-32-18-6-3-7-19-21(18)27-23(33-19)29-12-14-10-28(11-15(14)13-29)22(31)20-16(24)4-2-5-17(20)30-25-8-9-26-30/h2-9,14-15H,10-13H2,1H3. The number of halogens is 1. The van der Waals surface area contributed by atoms with Crippen LogP contribution in [0.25, 0.3) is 16.8 Å². The average molecular weight is 448 g/mol. The van der Waals surface area contributed by atoms with Gasteiger partial charge < -0.3 is 19.0 Å². The highest BCUT2D eigenvalue weighted by molar-refractivity contribution is 5.98. The molecule has 2 saturated heterocycles. The van der Waals surface area contributed by atoms with Crippen LogP contribution in [-0.4, -0.2) is 64.1 Å². The molecule has 9 nitrogen and oxygen atoms in total. The van der Waals surface area contributed by atoms with Crippen LogP contribution < -0.4 is 9.64 Å². The molecule has 0 N–H and O–H groups in total. The number of ether oxygens (including phenoxy) is 1. The van der Waals surface area contributed by atoms with Gasteiger partial charge in [-0.25, -0.2) is 4.39 Å². The second kappa shape index (κ2) is 7.58. The Morgan fingerprint density at radius 2 is 1.79 bits per heavy atom. The summed E-state index contributed by atoms with van der Waals surface area (Å²) in [5.74, 6) is 0.265. The smallest absolute Gasteiger partial charge is 0.298 e. The fourth-order valence-corrected chi connectivity index (χ4v) is 4.92. The highest BCUT2D eigenvalue weighted by Gasteiger charge is 2.43. The number of para-hydroxylation sites is 1. The number of rotatable bonds is 4. The molecule has 4 heterocycles. The van der Waals surface area contributed by atoms with E-state index in [1.807, 2.05) is 18.2 Å². The maximum atomic E-state index is 14.7. The van der Waals surface area contributed by atoms with E-state index < -0.39 is 5.82 Å². The summed E-state index contributed by atoms with van der Waals surface area (Å²) in [5.41, 5.74) is 1.71. The van der Waals surface area contributed by atoms with Gasteiger partial charge in [0.2, 0.25) is 0 Å².